The molecule has 3 heteroatoms. The van der Waals surface area contributed by atoms with Crippen LogP contribution in [0.1, 0.15) is 26.3 Å². The summed E-state index contributed by atoms with van der Waals surface area (Å²) in [5, 5.41) is 1.52. The maximum Gasteiger partial charge on any atom is 0.257 e. The predicted octanol–water partition coefficient (Wildman–Crippen LogP) is 3.60. The van der Waals surface area contributed by atoms with Crippen LogP contribution in [0.5, 0.6) is 0 Å². The van der Waals surface area contributed by atoms with Crippen molar-refractivity contribution in [2.75, 3.05) is 0 Å². The molecule has 0 saturated carbocycles. The van der Waals surface area contributed by atoms with Gasteiger partial charge in [0.05, 0.1) is 0 Å². The first kappa shape index (κ1) is 14.4. The first-order valence-corrected chi connectivity index (χ1v) is 9.75. The van der Waals surface area contributed by atoms with Crippen LogP contribution in [0, 0.1) is 0 Å². The van der Waals surface area contributed by atoms with Crippen LogP contribution >= 0.6 is 0 Å². The zero-order chi connectivity index (χ0) is 13.1. The van der Waals surface area contributed by atoms with Gasteiger partial charge >= 0.3 is 0 Å². The van der Waals surface area contributed by atoms with Crippen LogP contribution in [0.4, 0.5) is 0 Å². The molecule has 1 rings (SSSR count). The molecule has 2 radical (unpaired) electrons. The van der Waals surface area contributed by atoms with Crippen LogP contribution in [-0.4, -0.2) is 18.1 Å². The second-order valence-corrected chi connectivity index (χ2v) is 11.8. The Morgan fingerprint density at radius 1 is 1.24 bits per heavy atom. The standard InChI is InChI=1S/C14H22OSi2/c1-7-12-10-8-9-11-13(12)16-15-17(5,6)14(2,3)4/h7-11H,1H2,2-6H3. The Kier molecular flexibility index (Phi) is 4.52. The van der Waals surface area contributed by atoms with E-state index in [4.69, 9.17) is 4.12 Å². The lowest BCUT2D eigenvalue weighted by Crippen LogP contribution is -2.44. The Bertz CT molecular complexity index is 391. The van der Waals surface area contributed by atoms with E-state index in [1.54, 1.807) is 0 Å². The molecule has 0 bridgehead atoms. The van der Waals surface area contributed by atoms with Gasteiger partial charge < -0.3 is 4.12 Å². The van der Waals surface area contributed by atoms with E-state index in [9.17, 15) is 0 Å². The molecule has 1 aromatic carbocycles. The highest BCUT2D eigenvalue weighted by atomic mass is 28.4. The topological polar surface area (TPSA) is 9.23 Å². The fraction of sp³-hybridized carbons (Fsp3) is 0.429. The van der Waals surface area contributed by atoms with Crippen molar-refractivity contribution in [3.05, 3.63) is 36.4 Å². The van der Waals surface area contributed by atoms with Crippen molar-refractivity contribution in [2.45, 2.75) is 38.9 Å². The summed E-state index contributed by atoms with van der Waals surface area (Å²) in [7, 11) is -1.22. The van der Waals surface area contributed by atoms with Crippen molar-refractivity contribution in [2.24, 2.45) is 0 Å². The van der Waals surface area contributed by atoms with E-state index < -0.39 is 8.32 Å². The van der Waals surface area contributed by atoms with E-state index in [1.807, 2.05) is 12.1 Å². The van der Waals surface area contributed by atoms with E-state index in [-0.39, 0.29) is 5.04 Å². The van der Waals surface area contributed by atoms with Crippen molar-refractivity contribution in [3.8, 4) is 0 Å². The maximum atomic E-state index is 6.24. The van der Waals surface area contributed by atoms with Crippen molar-refractivity contribution in [1.82, 2.24) is 0 Å². The summed E-state index contributed by atoms with van der Waals surface area (Å²) in [6.07, 6.45) is 1.90. The van der Waals surface area contributed by atoms with Crippen LogP contribution in [-0.2, 0) is 4.12 Å². The number of hydrogen-bond donors (Lipinski definition) is 0. The minimum Gasteiger partial charge on any atom is -0.452 e. The molecule has 17 heavy (non-hydrogen) atoms. The molecule has 0 unspecified atom stereocenters. The molecule has 0 spiro atoms. The van der Waals surface area contributed by atoms with Crippen molar-refractivity contribution in [3.63, 3.8) is 0 Å². The zero-order valence-electron chi connectivity index (χ0n) is 11.5. The molecule has 92 valence electrons. The van der Waals surface area contributed by atoms with Gasteiger partial charge in [-0.2, -0.15) is 0 Å². The average Bonchev–Trinajstić information content (AvgIpc) is 2.25. The Balaban J connectivity index is 2.77. The van der Waals surface area contributed by atoms with Gasteiger partial charge in [-0.1, -0.05) is 57.7 Å². The molecule has 0 aliphatic heterocycles. The largest absolute Gasteiger partial charge is 0.452 e. The summed E-state index contributed by atoms with van der Waals surface area (Å²) in [6, 6.07) is 8.31. The maximum absolute atomic E-state index is 6.24. The van der Waals surface area contributed by atoms with Crippen LogP contribution in [0.25, 0.3) is 6.08 Å². The van der Waals surface area contributed by atoms with Gasteiger partial charge in [0, 0.05) is 0 Å². The zero-order valence-corrected chi connectivity index (χ0v) is 13.5. The summed E-state index contributed by atoms with van der Waals surface area (Å²) in [5.74, 6) is 0. The fourth-order valence-electron chi connectivity index (χ4n) is 1.10. The van der Waals surface area contributed by atoms with E-state index in [0.717, 1.165) is 0 Å². The summed E-state index contributed by atoms with van der Waals surface area (Å²) in [4.78, 5) is 0. The third kappa shape index (κ3) is 3.66. The molecule has 0 atom stereocenters. The third-order valence-corrected chi connectivity index (χ3v) is 10.1. The van der Waals surface area contributed by atoms with Crippen molar-refractivity contribution < 1.29 is 4.12 Å². The summed E-state index contributed by atoms with van der Waals surface area (Å²) >= 11 is 0. The van der Waals surface area contributed by atoms with Gasteiger partial charge in [-0.15, -0.1) is 0 Å². The second kappa shape index (κ2) is 5.33. The fourth-order valence-corrected chi connectivity index (χ4v) is 4.26. The molecular weight excluding hydrogens is 240 g/mol. The van der Waals surface area contributed by atoms with Gasteiger partial charge in [-0.05, 0) is 28.9 Å². The van der Waals surface area contributed by atoms with Gasteiger partial charge in [-0.3, -0.25) is 0 Å². The summed E-state index contributed by atoms with van der Waals surface area (Å²) < 4.78 is 6.24. The lowest BCUT2D eigenvalue weighted by atomic mass is 10.2. The second-order valence-electron chi connectivity index (χ2n) is 5.76. The number of hydrogen-bond acceptors (Lipinski definition) is 1. The van der Waals surface area contributed by atoms with Crippen molar-refractivity contribution in [1.29, 1.82) is 0 Å². The lowest BCUT2D eigenvalue weighted by Gasteiger charge is -2.36. The molecule has 0 N–H and O–H groups in total. The average molecular weight is 263 g/mol. The van der Waals surface area contributed by atoms with Gasteiger partial charge in [-0.25, -0.2) is 0 Å². The number of benzene rings is 1. The highest BCUT2D eigenvalue weighted by molar-refractivity contribution is 6.79. The molecule has 1 nitrogen and oxygen atoms in total. The van der Waals surface area contributed by atoms with Crippen LogP contribution in [0.2, 0.25) is 18.1 Å². The Morgan fingerprint density at radius 3 is 2.35 bits per heavy atom. The third-order valence-electron chi connectivity index (χ3n) is 3.40. The van der Waals surface area contributed by atoms with Gasteiger partial charge in [0.15, 0.2) is 8.32 Å². The van der Waals surface area contributed by atoms with Crippen LogP contribution in [0.15, 0.2) is 30.8 Å². The minimum atomic E-state index is -1.65. The molecule has 1 aromatic rings. The highest BCUT2D eigenvalue weighted by Crippen LogP contribution is 2.36. The molecule has 0 amide bonds. The van der Waals surface area contributed by atoms with Crippen molar-refractivity contribution >= 4 is 29.3 Å². The van der Waals surface area contributed by atoms with E-state index in [0.29, 0.717) is 9.76 Å². The van der Waals surface area contributed by atoms with E-state index in [2.05, 4.69) is 58.6 Å². The van der Waals surface area contributed by atoms with Crippen LogP contribution in [0.3, 0.4) is 0 Å². The van der Waals surface area contributed by atoms with Gasteiger partial charge in [0.25, 0.3) is 9.76 Å². The Morgan fingerprint density at radius 2 is 1.82 bits per heavy atom. The molecule has 0 saturated heterocycles. The molecule has 0 fully saturated rings. The monoisotopic (exact) mass is 262 g/mol. The van der Waals surface area contributed by atoms with E-state index in [1.165, 1.54) is 10.8 Å². The highest BCUT2D eigenvalue weighted by Gasteiger charge is 2.36. The SMILES string of the molecule is C=Cc1ccccc1[Si]O[Si](C)(C)C(C)(C)C. The molecule has 0 aromatic heterocycles. The first-order chi connectivity index (χ1) is 7.78. The smallest absolute Gasteiger partial charge is 0.257 e. The van der Waals surface area contributed by atoms with Gasteiger partial charge in [0.2, 0.25) is 0 Å². The molecule has 0 heterocycles. The van der Waals surface area contributed by atoms with Gasteiger partial charge in [0.1, 0.15) is 0 Å². The Labute approximate surface area is 109 Å². The molecular formula is C14H22OSi2. The lowest BCUT2D eigenvalue weighted by molar-refractivity contribution is 0.523. The predicted molar refractivity (Wildman–Crippen MR) is 80.2 cm³/mol. The molecule has 0 aliphatic rings. The number of rotatable bonds is 4. The summed E-state index contributed by atoms with van der Waals surface area (Å²) in [6.45, 7) is 15.2. The van der Waals surface area contributed by atoms with E-state index >= 15 is 0 Å². The van der Waals surface area contributed by atoms with Crippen LogP contribution < -0.4 is 5.19 Å². The quantitative estimate of drug-likeness (QED) is 0.754. The molecule has 0 aliphatic carbocycles. The minimum absolute atomic E-state index is 0.267. The summed E-state index contributed by atoms with van der Waals surface area (Å²) in [5.41, 5.74) is 1.18. The normalized spacial score (nSPS) is 12.5. The Hall–Kier alpha value is -0.646. The first-order valence-electron chi connectivity index (χ1n) is 5.93.